The molecule has 3 heterocycles. The Morgan fingerprint density at radius 2 is 1.81 bits per heavy atom. The van der Waals surface area contributed by atoms with Crippen molar-refractivity contribution in [1.82, 2.24) is 20.0 Å². The molecule has 1 N–H and O–H groups in total. The number of benzene rings is 2. The predicted molar refractivity (Wildman–Crippen MR) is 143 cm³/mol. The average molecular weight is 510 g/mol. The van der Waals surface area contributed by atoms with Crippen molar-refractivity contribution in [3.05, 3.63) is 65.2 Å². The number of amides is 2. The highest BCUT2D eigenvalue weighted by atomic mass is 35.5. The van der Waals surface area contributed by atoms with Gasteiger partial charge in [-0.1, -0.05) is 41.9 Å². The molecule has 36 heavy (non-hydrogen) atoms. The van der Waals surface area contributed by atoms with Gasteiger partial charge < -0.3 is 15.1 Å². The molecule has 7 nitrogen and oxygen atoms in total. The molecule has 5 rings (SSSR count). The number of hydrogen-bond acceptors (Lipinski definition) is 5. The third kappa shape index (κ3) is 5.53. The van der Waals surface area contributed by atoms with Crippen LogP contribution in [0.25, 0.3) is 0 Å². The number of nitrogens with one attached hydrogen (secondary N) is 1. The molecule has 0 radical (unpaired) electrons. The SMILES string of the molecule is CN1[C@@H](CCC(=O)N2CCN(c3ccccc3)CC2)CNC(=O)[C@@H]2[C@@H]1CCN2Cc1cccc(Cl)c1. The molecule has 2 aromatic rings. The van der Waals surface area contributed by atoms with E-state index >= 15 is 0 Å². The van der Waals surface area contributed by atoms with E-state index in [0.29, 0.717) is 19.5 Å². The molecule has 2 amide bonds. The van der Waals surface area contributed by atoms with Crippen LogP contribution < -0.4 is 10.2 Å². The molecule has 3 saturated heterocycles. The van der Waals surface area contributed by atoms with Crippen LogP contribution in [0.4, 0.5) is 5.69 Å². The number of carbonyl (C=O) groups is 2. The lowest BCUT2D eigenvalue weighted by molar-refractivity contribution is -0.132. The van der Waals surface area contributed by atoms with Crippen molar-refractivity contribution in [1.29, 1.82) is 0 Å². The molecule has 0 saturated carbocycles. The molecular formula is C28H36ClN5O2. The van der Waals surface area contributed by atoms with Gasteiger partial charge in [0, 0.05) is 75.0 Å². The van der Waals surface area contributed by atoms with Gasteiger partial charge in [0.1, 0.15) is 6.04 Å². The van der Waals surface area contributed by atoms with E-state index in [1.54, 1.807) is 0 Å². The molecular weight excluding hydrogens is 474 g/mol. The summed E-state index contributed by atoms with van der Waals surface area (Å²) in [6.45, 7) is 5.41. The fourth-order valence-corrected chi connectivity index (χ4v) is 6.21. The summed E-state index contributed by atoms with van der Waals surface area (Å²) in [6.07, 6.45) is 2.22. The van der Waals surface area contributed by atoms with E-state index in [1.807, 2.05) is 29.2 Å². The summed E-state index contributed by atoms with van der Waals surface area (Å²) in [6, 6.07) is 18.4. The highest BCUT2D eigenvalue weighted by molar-refractivity contribution is 6.30. The third-order valence-electron chi connectivity index (χ3n) is 8.07. The van der Waals surface area contributed by atoms with Gasteiger partial charge >= 0.3 is 0 Å². The third-order valence-corrected chi connectivity index (χ3v) is 8.30. The van der Waals surface area contributed by atoms with E-state index in [0.717, 1.165) is 56.2 Å². The lowest BCUT2D eigenvalue weighted by Gasteiger charge is -2.37. The van der Waals surface area contributed by atoms with Crippen molar-refractivity contribution in [2.24, 2.45) is 0 Å². The maximum absolute atomic E-state index is 13.1. The maximum atomic E-state index is 13.1. The first-order valence-corrected chi connectivity index (χ1v) is 13.4. The van der Waals surface area contributed by atoms with E-state index in [2.05, 4.69) is 57.4 Å². The second kappa shape index (κ2) is 11.2. The molecule has 192 valence electrons. The summed E-state index contributed by atoms with van der Waals surface area (Å²) < 4.78 is 0. The zero-order valence-corrected chi connectivity index (χ0v) is 21.7. The van der Waals surface area contributed by atoms with Gasteiger partial charge in [-0.3, -0.25) is 19.4 Å². The molecule has 0 bridgehead atoms. The number of nitrogens with zero attached hydrogens (tertiary/aromatic N) is 4. The molecule has 3 aliphatic rings. The molecule has 3 fully saturated rings. The second-order valence-electron chi connectivity index (χ2n) is 10.2. The van der Waals surface area contributed by atoms with Crippen molar-refractivity contribution in [3.63, 3.8) is 0 Å². The van der Waals surface area contributed by atoms with Crippen LogP contribution in [0.15, 0.2) is 54.6 Å². The van der Waals surface area contributed by atoms with Crippen LogP contribution in [0.1, 0.15) is 24.8 Å². The van der Waals surface area contributed by atoms with Crippen LogP contribution in [0.3, 0.4) is 0 Å². The summed E-state index contributed by atoms with van der Waals surface area (Å²) >= 11 is 6.18. The van der Waals surface area contributed by atoms with Gasteiger partial charge in [-0.2, -0.15) is 0 Å². The van der Waals surface area contributed by atoms with Gasteiger partial charge in [-0.05, 0) is 49.7 Å². The van der Waals surface area contributed by atoms with Crippen molar-refractivity contribution in [3.8, 4) is 0 Å². The lowest BCUT2D eigenvalue weighted by atomic mass is 10.0. The predicted octanol–water partition coefficient (Wildman–Crippen LogP) is 2.84. The van der Waals surface area contributed by atoms with Gasteiger partial charge in [0.2, 0.25) is 11.8 Å². The number of fused-ring (bicyclic) bond motifs is 1. The van der Waals surface area contributed by atoms with Crippen LogP contribution in [0, 0.1) is 0 Å². The molecule has 0 aromatic heterocycles. The van der Waals surface area contributed by atoms with Crippen LogP contribution in [-0.4, -0.2) is 91.0 Å². The zero-order valence-electron chi connectivity index (χ0n) is 21.0. The Hall–Kier alpha value is -2.61. The second-order valence-corrected chi connectivity index (χ2v) is 10.6. The number of rotatable bonds is 6. The van der Waals surface area contributed by atoms with Crippen LogP contribution >= 0.6 is 11.6 Å². The highest BCUT2D eigenvalue weighted by Gasteiger charge is 2.45. The number of likely N-dealkylation sites (N-methyl/N-ethyl adjacent to an activating group) is 1. The Kier molecular flexibility index (Phi) is 7.79. The number of likely N-dealkylation sites (tertiary alicyclic amines) is 1. The molecule has 3 aliphatic heterocycles. The van der Waals surface area contributed by atoms with Crippen LogP contribution in [-0.2, 0) is 16.1 Å². The van der Waals surface area contributed by atoms with Crippen LogP contribution in [0.5, 0.6) is 0 Å². The Labute approximate surface area is 219 Å². The minimum absolute atomic E-state index is 0.0947. The highest BCUT2D eigenvalue weighted by Crippen LogP contribution is 2.29. The Morgan fingerprint density at radius 3 is 2.56 bits per heavy atom. The monoisotopic (exact) mass is 509 g/mol. The van der Waals surface area contributed by atoms with Crippen LogP contribution in [0.2, 0.25) is 5.02 Å². The average Bonchev–Trinajstić information content (AvgIpc) is 3.27. The summed E-state index contributed by atoms with van der Waals surface area (Å²) in [5.74, 6) is 0.314. The lowest BCUT2D eigenvalue weighted by Crippen LogP contribution is -2.50. The Bertz CT molecular complexity index is 1060. The van der Waals surface area contributed by atoms with E-state index < -0.39 is 0 Å². The number of halogens is 1. The van der Waals surface area contributed by atoms with E-state index in [-0.39, 0.29) is 29.9 Å². The van der Waals surface area contributed by atoms with Gasteiger partial charge in [-0.15, -0.1) is 0 Å². The van der Waals surface area contributed by atoms with Crippen molar-refractivity contribution in [2.75, 3.05) is 51.2 Å². The number of piperazine rings is 1. The van der Waals surface area contributed by atoms with Gasteiger partial charge in [0.05, 0.1) is 0 Å². The Balaban J connectivity index is 1.14. The van der Waals surface area contributed by atoms with E-state index in [4.69, 9.17) is 11.6 Å². The first kappa shape index (κ1) is 25.1. The molecule has 2 aromatic carbocycles. The topological polar surface area (TPSA) is 59.1 Å². The fraction of sp³-hybridized carbons (Fsp3) is 0.500. The first-order chi connectivity index (χ1) is 17.5. The summed E-state index contributed by atoms with van der Waals surface area (Å²) in [5.41, 5.74) is 2.34. The van der Waals surface area contributed by atoms with Gasteiger partial charge in [0.15, 0.2) is 0 Å². The quantitative estimate of drug-likeness (QED) is 0.649. The molecule has 8 heteroatoms. The van der Waals surface area contributed by atoms with E-state index in [9.17, 15) is 9.59 Å². The largest absolute Gasteiger partial charge is 0.368 e. The Morgan fingerprint density at radius 1 is 1.03 bits per heavy atom. The van der Waals surface area contributed by atoms with E-state index in [1.165, 1.54) is 5.69 Å². The molecule has 0 aliphatic carbocycles. The van der Waals surface area contributed by atoms with Crippen molar-refractivity contribution in [2.45, 2.75) is 43.9 Å². The standard InChI is InChI=1S/C28H36ClN5O2/c1-31-24(10-11-26(35)33-16-14-32(15-17-33)23-8-3-2-4-9-23)19-30-28(36)27-25(31)12-13-34(27)20-21-6-5-7-22(29)18-21/h2-9,18,24-25,27H,10-17,19-20H2,1H3,(H,30,36)/t24-,25-,27-/m0/s1. The number of hydrogen-bond donors (Lipinski definition) is 1. The van der Waals surface area contributed by atoms with Crippen molar-refractivity contribution < 1.29 is 9.59 Å². The minimum atomic E-state index is -0.180. The fourth-order valence-electron chi connectivity index (χ4n) is 6.00. The molecule has 0 unspecified atom stereocenters. The summed E-state index contributed by atoms with van der Waals surface area (Å²) in [4.78, 5) is 35.1. The molecule has 3 atom stereocenters. The van der Waals surface area contributed by atoms with Crippen molar-refractivity contribution >= 4 is 29.1 Å². The van der Waals surface area contributed by atoms with Gasteiger partial charge in [0.25, 0.3) is 0 Å². The zero-order chi connectivity index (χ0) is 25.1. The maximum Gasteiger partial charge on any atom is 0.239 e. The summed E-state index contributed by atoms with van der Waals surface area (Å²) in [5, 5.41) is 3.89. The summed E-state index contributed by atoms with van der Waals surface area (Å²) in [7, 11) is 2.12. The number of carbonyl (C=O) groups excluding carboxylic acids is 2. The smallest absolute Gasteiger partial charge is 0.239 e. The first-order valence-electron chi connectivity index (χ1n) is 13.1. The normalized spacial score (nSPS) is 25.4. The van der Waals surface area contributed by atoms with Gasteiger partial charge in [-0.25, -0.2) is 0 Å². The number of para-hydroxylation sites is 1. The number of anilines is 1. The molecule has 0 spiro atoms. The minimum Gasteiger partial charge on any atom is -0.368 e.